The van der Waals surface area contributed by atoms with Crippen LogP contribution >= 0.6 is 15.9 Å². The molecule has 2 rings (SSSR count). The van der Waals surface area contributed by atoms with Gasteiger partial charge in [0.1, 0.15) is 5.75 Å². The van der Waals surface area contributed by atoms with E-state index in [1.165, 1.54) is 18.4 Å². The predicted octanol–water partition coefficient (Wildman–Crippen LogP) is 4.23. The zero-order valence-corrected chi connectivity index (χ0v) is 14.2. The summed E-state index contributed by atoms with van der Waals surface area (Å²) in [5.41, 5.74) is 1.28. The third-order valence-electron chi connectivity index (χ3n) is 3.93. The van der Waals surface area contributed by atoms with Gasteiger partial charge in [0.2, 0.25) is 5.91 Å². The number of aryl methyl sites for hydroxylation is 1. The third-order valence-corrected chi connectivity index (χ3v) is 4.55. The standard InChI is InChI=1S/C17H24BrNO2/c1-2-13-9-10-16(15(18)12-13)21-11-5-8-17(20)19-14-6-3-4-7-14/h9-10,12,14H,2-8,11H2,1H3,(H,19,20). The monoisotopic (exact) mass is 353 g/mol. The van der Waals surface area contributed by atoms with E-state index in [-0.39, 0.29) is 5.91 Å². The highest BCUT2D eigenvalue weighted by molar-refractivity contribution is 9.10. The Morgan fingerprint density at radius 2 is 2.14 bits per heavy atom. The number of benzene rings is 1. The van der Waals surface area contributed by atoms with Crippen LogP contribution in [0.2, 0.25) is 0 Å². The van der Waals surface area contributed by atoms with E-state index < -0.39 is 0 Å². The van der Waals surface area contributed by atoms with Crippen LogP contribution < -0.4 is 10.1 Å². The van der Waals surface area contributed by atoms with Gasteiger partial charge in [-0.3, -0.25) is 4.79 Å². The number of halogens is 1. The Hall–Kier alpha value is -1.03. The van der Waals surface area contributed by atoms with Gasteiger partial charge in [-0.15, -0.1) is 0 Å². The molecule has 0 spiro atoms. The second-order valence-electron chi connectivity index (χ2n) is 5.62. The molecule has 1 aromatic carbocycles. The summed E-state index contributed by atoms with van der Waals surface area (Å²) in [7, 11) is 0. The van der Waals surface area contributed by atoms with E-state index in [4.69, 9.17) is 4.74 Å². The molecule has 0 aliphatic heterocycles. The van der Waals surface area contributed by atoms with Gasteiger partial charge < -0.3 is 10.1 Å². The Balaban J connectivity index is 1.66. The Morgan fingerprint density at radius 1 is 1.38 bits per heavy atom. The summed E-state index contributed by atoms with van der Waals surface area (Å²) in [6.45, 7) is 2.70. The Morgan fingerprint density at radius 3 is 2.81 bits per heavy atom. The molecule has 1 aliphatic carbocycles. The number of ether oxygens (including phenoxy) is 1. The van der Waals surface area contributed by atoms with Crippen LogP contribution in [0.15, 0.2) is 22.7 Å². The van der Waals surface area contributed by atoms with E-state index >= 15 is 0 Å². The van der Waals surface area contributed by atoms with Crippen LogP contribution in [0.25, 0.3) is 0 Å². The van der Waals surface area contributed by atoms with E-state index in [9.17, 15) is 4.79 Å². The summed E-state index contributed by atoms with van der Waals surface area (Å²) in [5.74, 6) is 1.01. The average molecular weight is 354 g/mol. The van der Waals surface area contributed by atoms with Crippen molar-refractivity contribution in [2.75, 3.05) is 6.61 Å². The zero-order valence-electron chi connectivity index (χ0n) is 12.7. The van der Waals surface area contributed by atoms with Crippen molar-refractivity contribution in [2.45, 2.75) is 57.9 Å². The maximum atomic E-state index is 11.8. The second-order valence-corrected chi connectivity index (χ2v) is 6.47. The highest BCUT2D eigenvalue weighted by Crippen LogP contribution is 2.26. The van der Waals surface area contributed by atoms with Gasteiger partial charge >= 0.3 is 0 Å². The minimum atomic E-state index is 0.158. The van der Waals surface area contributed by atoms with Crippen molar-refractivity contribution in [1.82, 2.24) is 5.32 Å². The number of carbonyl (C=O) groups excluding carboxylic acids is 1. The fourth-order valence-corrected chi connectivity index (χ4v) is 3.21. The molecule has 0 radical (unpaired) electrons. The largest absolute Gasteiger partial charge is 0.492 e. The van der Waals surface area contributed by atoms with Crippen molar-refractivity contribution in [2.24, 2.45) is 0 Å². The number of hydrogen-bond acceptors (Lipinski definition) is 2. The molecule has 0 atom stereocenters. The maximum absolute atomic E-state index is 11.8. The first-order chi connectivity index (χ1) is 10.2. The summed E-state index contributed by atoms with van der Waals surface area (Å²) < 4.78 is 6.71. The number of amides is 1. The maximum Gasteiger partial charge on any atom is 0.220 e. The van der Waals surface area contributed by atoms with Gasteiger partial charge in [0.15, 0.2) is 0 Å². The lowest BCUT2D eigenvalue weighted by atomic mass is 10.2. The summed E-state index contributed by atoms with van der Waals surface area (Å²) in [5, 5.41) is 3.10. The van der Waals surface area contributed by atoms with Gasteiger partial charge in [-0.25, -0.2) is 0 Å². The van der Waals surface area contributed by atoms with Crippen molar-refractivity contribution in [3.63, 3.8) is 0 Å². The van der Waals surface area contributed by atoms with Gasteiger partial charge in [-0.1, -0.05) is 25.8 Å². The second kappa shape index (κ2) is 8.42. The van der Waals surface area contributed by atoms with Crippen molar-refractivity contribution in [3.8, 4) is 5.75 Å². The quantitative estimate of drug-likeness (QED) is 0.744. The minimum Gasteiger partial charge on any atom is -0.492 e. The lowest BCUT2D eigenvalue weighted by molar-refractivity contribution is -0.122. The SMILES string of the molecule is CCc1ccc(OCCCC(=O)NC2CCCC2)c(Br)c1. The lowest BCUT2D eigenvalue weighted by Crippen LogP contribution is -2.32. The van der Waals surface area contributed by atoms with Crippen LogP contribution in [0.1, 0.15) is 51.0 Å². The van der Waals surface area contributed by atoms with Crippen LogP contribution in [0.4, 0.5) is 0 Å². The van der Waals surface area contributed by atoms with Gasteiger partial charge in [0.25, 0.3) is 0 Å². The van der Waals surface area contributed by atoms with Crippen molar-refractivity contribution in [3.05, 3.63) is 28.2 Å². The molecule has 0 bridgehead atoms. The topological polar surface area (TPSA) is 38.3 Å². The van der Waals surface area contributed by atoms with Gasteiger partial charge in [0.05, 0.1) is 11.1 Å². The molecule has 0 aromatic heterocycles. The third kappa shape index (κ3) is 5.34. The van der Waals surface area contributed by atoms with E-state index in [2.05, 4.69) is 40.3 Å². The number of rotatable bonds is 7. The predicted molar refractivity (Wildman–Crippen MR) is 88.6 cm³/mol. The molecule has 1 saturated carbocycles. The van der Waals surface area contributed by atoms with E-state index in [0.29, 0.717) is 19.1 Å². The molecule has 3 nitrogen and oxygen atoms in total. The Kier molecular flexibility index (Phi) is 6.55. The molecule has 1 fully saturated rings. The fraction of sp³-hybridized carbons (Fsp3) is 0.588. The molecule has 1 N–H and O–H groups in total. The molecule has 1 aromatic rings. The molecular formula is C17H24BrNO2. The number of nitrogens with one attached hydrogen (secondary N) is 1. The molecule has 21 heavy (non-hydrogen) atoms. The number of hydrogen-bond donors (Lipinski definition) is 1. The molecule has 0 heterocycles. The molecular weight excluding hydrogens is 330 g/mol. The van der Waals surface area contributed by atoms with Gasteiger partial charge in [-0.2, -0.15) is 0 Å². The smallest absolute Gasteiger partial charge is 0.220 e. The molecule has 0 unspecified atom stereocenters. The van der Waals surface area contributed by atoms with Crippen molar-refractivity contribution < 1.29 is 9.53 Å². The number of carbonyl (C=O) groups is 1. The average Bonchev–Trinajstić information content (AvgIpc) is 2.97. The van der Waals surface area contributed by atoms with Crippen LogP contribution in [0, 0.1) is 0 Å². The van der Waals surface area contributed by atoms with E-state index in [1.807, 2.05) is 6.07 Å². The Labute approximate surface area is 135 Å². The summed E-state index contributed by atoms with van der Waals surface area (Å²) in [6.07, 6.45) is 7.07. The highest BCUT2D eigenvalue weighted by Gasteiger charge is 2.16. The summed E-state index contributed by atoms with van der Waals surface area (Å²) in [6, 6.07) is 6.56. The zero-order chi connectivity index (χ0) is 15.1. The van der Waals surface area contributed by atoms with Crippen LogP contribution in [0.5, 0.6) is 5.75 Å². The molecule has 116 valence electrons. The van der Waals surface area contributed by atoms with E-state index in [1.54, 1.807) is 0 Å². The molecule has 1 amide bonds. The highest BCUT2D eigenvalue weighted by atomic mass is 79.9. The molecule has 1 aliphatic rings. The normalized spacial score (nSPS) is 15.1. The van der Waals surface area contributed by atoms with Crippen molar-refractivity contribution in [1.29, 1.82) is 0 Å². The minimum absolute atomic E-state index is 0.158. The van der Waals surface area contributed by atoms with Crippen molar-refractivity contribution >= 4 is 21.8 Å². The van der Waals surface area contributed by atoms with Gasteiger partial charge in [-0.05, 0) is 59.3 Å². The van der Waals surface area contributed by atoms with Gasteiger partial charge in [0, 0.05) is 12.5 Å². The van der Waals surface area contributed by atoms with Crippen LogP contribution in [-0.2, 0) is 11.2 Å². The first kappa shape index (κ1) is 16.3. The first-order valence-electron chi connectivity index (χ1n) is 7.89. The van der Waals surface area contributed by atoms with Crippen LogP contribution in [-0.4, -0.2) is 18.6 Å². The van der Waals surface area contributed by atoms with E-state index in [0.717, 1.165) is 35.9 Å². The van der Waals surface area contributed by atoms with Crippen LogP contribution in [0.3, 0.4) is 0 Å². The summed E-state index contributed by atoms with van der Waals surface area (Å²) >= 11 is 3.52. The molecule has 0 saturated heterocycles. The fourth-order valence-electron chi connectivity index (χ4n) is 2.67. The Bertz CT molecular complexity index is 470. The summed E-state index contributed by atoms with van der Waals surface area (Å²) in [4.78, 5) is 11.8. The molecule has 4 heteroatoms. The first-order valence-corrected chi connectivity index (χ1v) is 8.69. The lowest BCUT2D eigenvalue weighted by Gasteiger charge is -2.12.